The molecule has 0 bridgehead atoms. The van der Waals surface area contributed by atoms with E-state index < -0.39 is 35.4 Å². The number of benzene rings is 2. The molecule has 10 nitrogen and oxygen atoms in total. The van der Waals surface area contributed by atoms with Crippen molar-refractivity contribution < 1.29 is 32.7 Å². The molecular formula is C29H34ClF2N5O5. The van der Waals surface area contributed by atoms with Crippen molar-refractivity contribution in [2.75, 3.05) is 25.5 Å². The number of amides is 4. The van der Waals surface area contributed by atoms with Gasteiger partial charge in [0.2, 0.25) is 6.41 Å². The van der Waals surface area contributed by atoms with Gasteiger partial charge >= 0.3 is 12.1 Å². The highest BCUT2D eigenvalue weighted by molar-refractivity contribution is 6.31. The summed E-state index contributed by atoms with van der Waals surface area (Å²) in [5.41, 5.74) is -0.187. The van der Waals surface area contributed by atoms with Crippen molar-refractivity contribution in [2.24, 2.45) is 0 Å². The third kappa shape index (κ3) is 9.81. The van der Waals surface area contributed by atoms with Crippen LogP contribution in [0.25, 0.3) is 10.8 Å². The summed E-state index contributed by atoms with van der Waals surface area (Å²) < 4.78 is 32.8. The minimum absolute atomic E-state index is 0.0274. The maximum Gasteiger partial charge on any atom is 0.412 e. The van der Waals surface area contributed by atoms with E-state index in [1.807, 2.05) is 20.8 Å². The molecule has 0 saturated heterocycles. The van der Waals surface area contributed by atoms with Gasteiger partial charge in [-0.05, 0) is 74.9 Å². The molecule has 3 rings (SSSR count). The third-order valence-electron chi connectivity index (χ3n) is 6.07. The zero-order valence-electron chi connectivity index (χ0n) is 23.8. The van der Waals surface area contributed by atoms with E-state index in [9.17, 15) is 23.2 Å². The van der Waals surface area contributed by atoms with Crippen LogP contribution in [0.15, 0.2) is 48.7 Å². The second-order valence-electron chi connectivity index (χ2n) is 10.5. The molecule has 0 aliphatic rings. The normalized spacial score (nSPS) is 12.0. The van der Waals surface area contributed by atoms with Crippen molar-refractivity contribution in [3.05, 3.63) is 70.9 Å². The van der Waals surface area contributed by atoms with Gasteiger partial charge in [-0.2, -0.15) is 0 Å². The van der Waals surface area contributed by atoms with E-state index in [0.29, 0.717) is 35.6 Å². The van der Waals surface area contributed by atoms with Crippen molar-refractivity contribution in [2.45, 2.75) is 51.8 Å². The molecule has 0 fully saturated rings. The molecule has 0 aliphatic heterocycles. The molecule has 1 heterocycles. The van der Waals surface area contributed by atoms with Crippen LogP contribution < -0.4 is 10.6 Å². The van der Waals surface area contributed by atoms with Gasteiger partial charge in [0.25, 0.3) is 0 Å². The lowest BCUT2D eigenvalue weighted by Gasteiger charge is -2.30. The van der Waals surface area contributed by atoms with E-state index in [2.05, 4.69) is 15.6 Å². The van der Waals surface area contributed by atoms with Crippen molar-refractivity contribution in [3.63, 3.8) is 0 Å². The number of nitrogens with zero attached hydrogens (tertiary/aromatic N) is 3. The van der Waals surface area contributed by atoms with E-state index in [0.717, 1.165) is 0 Å². The van der Waals surface area contributed by atoms with Crippen LogP contribution in [0, 0.1) is 11.6 Å². The maximum atomic E-state index is 13.8. The van der Waals surface area contributed by atoms with Gasteiger partial charge in [0.1, 0.15) is 24.1 Å². The zero-order chi connectivity index (χ0) is 30.9. The van der Waals surface area contributed by atoms with Crippen LogP contribution in [0.5, 0.6) is 0 Å². The fourth-order valence-electron chi connectivity index (χ4n) is 3.98. The Morgan fingerprint density at radius 2 is 1.90 bits per heavy atom. The van der Waals surface area contributed by atoms with Gasteiger partial charge in [-0.3, -0.25) is 14.9 Å². The lowest BCUT2D eigenvalue weighted by Crippen LogP contribution is -2.46. The molecule has 42 heavy (non-hydrogen) atoms. The van der Waals surface area contributed by atoms with Crippen LogP contribution in [0.1, 0.15) is 39.2 Å². The molecule has 2 aromatic carbocycles. The minimum atomic E-state index is -0.825. The van der Waals surface area contributed by atoms with Crippen LogP contribution in [-0.4, -0.2) is 65.3 Å². The number of aromatic nitrogens is 1. The maximum absolute atomic E-state index is 13.8. The summed E-state index contributed by atoms with van der Waals surface area (Å²) >= 11 is 5.99. The van der Waals surface area contributed by atoms with E-state index in [-0.39, 0.29) is 30.5 Å². The van der Waals surface area contributed by atoms with Gasteiger partial charge in [-0.15, -0.1) is 0 Å². The number of urea groups is 1. The lowest BCUT2D eigenvalue weighted by molar-refractivity contribution is -0.216. The Morgan fingerprint density at radius 3 is 2.62 bits per heavy atom. The molecule has 1 atom stereocenters. The van der Waals surface area contributed by atoms with E-state index in [4.69, 9.17) is 21.2 Å². The number of rotatable bonds is 12. The second kappa shape index (κ2) is 14.7. The Morgan fingerprint density at radius 1 is 1.14 bits per heavy atom. The Balaban J connectivity index is 1.64. The highest BCUT2D eigenvalue weighted by atomic mass is 35.5. The van der Waals surface area contributed by atoms with Crippen LogP contribution >= 0.6 is 11.6 Å². The summed E-state index contributed by atoms with van der Waals surface area (Å²) in [6, 6.07) is 8.89. The first-order valence-corrected chi connectivity index (χ1v) is 13.6. The summed E-state index contributed by atoms with van der Waals surface area (Å²) in [4.78, 5) is 48.1. The summed E-state index contributed by atoms with van der Waals surface area (Å²) in [6.45, 7) is 5.43. The molecule has 226 valence electrons. The Bertz CT molecular complexity index is 1400. The van der Waals surface area contributed by atoms with E-state index >= 15 is 0 Å². The number of halogens is 3. The minimum Gasteiger partial charge on any atom is -0.447 e. The Labute approximate surface area is 247 Å². The number of fused-ring (bicyclic) bond motifs is 1. The van der Waals surface area contributed by atoms with Crippen LogP contribution in [0.4, 0.5) is 24.2 Å². The first-order chi connectivity index (χ1) is 19.9. The standard InChI is InChI=1S/C29H34ClF2N5O5/c1-29(2,3)42-37(18-38)12-6-8-23(36(4)27(39)34-16-20-7-5-9-24(32)26(20)30)17-41-28(40)35-25-14-21-13-22(31)11-10-19(21)15-33-25/h5,7,9-11,13-15,18,23H,6,8,12,16-17H2,1-4H3,(H,34,39)(H,33,35,40)/t23-/m0/s1. The van der Waals surface area contributed by atoms with Gasteiger partial charge in [-0.25, -0.2) is 28.4 Å². The molecule has 0 spiro atoms. The monoisotopic (exact) mass is 605 g/mol. The summed E-state index contributed by atoms with van der Waals surface area (Å²) in [5.74, 6) is -0.863. The quantitative estimate of drug-likeness (QED) is 0.196. The molecule has 0 saturated carbocycles. The Kier molecular flexibility index (Phi) is 11.4. The highest BCUT2D eigenvalue weighted by Gasteiger charge is 2.23. The number of carbonyl (C=O) groups excluding carboxylic acids is 3. The van der Waals surface area contributed by atoms with E-state index in [1.54, 1.807) is 12.1 Å². The molecule has 3 aromatic rings. The molecule has 4 amide bonds. The molecule has 1 aromatic heterocycles. The fourth-order valence-corrected chi connectivity index (χ4v) is 4.18. The first kappa shape index (κ1) is 32.5. The summed E-state index contributed by atoms with van der Waals surface area (Å²) in [7, 11) is 1.52. The van der Waals surface area contributed by atoms with Crippen LogP contribution in [-0.2, 0) is 20.9 Å². The average molecular weight is 606 g/mol. The number of likely N-dealkylation sites (N-methyl/N-ethyl adjacent to an activating group) is 1. The highest BCUT2D eigenvalue weighted by Crippen LogP contribution is 2.20. The zero-order valence-corrected chi connectivity index (χ0v) is 24.6. The van der Waals surface area contributed by atoms with Crippen LogP contribution in [0.3, 0.4) is 0 Å². The number of nitrogens with one attached hydrogen (secondary N) is 2. The number of hydroxylamine groups is 2. The largest absolute Gasteiger partial charge is 0.447 e. The smallest absolute Gasteiger partial charge is 0.412 e. The number of pyridine rings is 1. The van der Waals surface area contributed by atoms with Gasteiger partial charge in [0, 0.05) is 31.7 Å². The summed E-state index contributed by atoms with van der Waals surface area (Å²) in [6.07, 6.45) is 1.99. The lowest BCUT2D eigenvalue weighted by atomic mass is 10.1. The topological polar surface area (TPSA) is 113 Å². The molecular weight excluding hydrogens is 572 g/mol. The number of hydrogen-bond acceptors (Lipinski definition) is 6. The van der Waals surface area contributed by atoms with E-state index in [1.165, 1.54) is 53.5 Å². The van der Waals surface area contributed by atoms with Crippen molar-refractivity contribution in [3.8, 4) is 0 Å². The molecule has 0 radical (unpaired) electrons. The molecule has 2 N–H and O–H groups in total. The van der Waals surface area contributed by atoms with Gasteiger partial charge in [0.05, 0.1) is 16.7 Å². The Hall–Kier alpha value is -4.03. The van der Waals surface area contributed by atoms with Crippen LogP contribution in [0.2, 0.25) is 5.02 Å². The molecule has 13 heteroatoms. The molecule has 0 unspecified atom stereocenters. The first-order valence-electron chi connectivity index (χ1n) is 13.2. The predicted octanol–water partition coefficient (Wildman–Crippen LogP) is 5.89. The van der Waals surface area contributed by atoms with Gasteiger partial charge in [-0.1, -0.05) is 23.7 Å². The predicted molar refractivity (Wildman–Crippen MR) is 155 cm³/mol. The third-order valence-corrected chi connectivity index (χ3v) is 6.50. The average Bonchev–Trinajstić information content (AvgIpc) is 2.93. The fraction of sp³-hybridized carbons (Fsp3) is 0.379. The van der Waals surface area contributed by atoms with Crippen molar-refractivity contribution in [1.82, 2.24) is 20.3 Å². The van der Waals surface area contributed by atoms with Gasteiger partial charge < -0.3 is 15.0 Å². The second-order valence-corrected chi connectivity index (χ2v) is 10.9. The van der Waals surface area contributed by atoms with Gasteiger partial charge in [0.15, 0.2) is 0 Å². The SMILES string of the molecule is CN(C(=O)NCc1cccc(F)c1Cl)[C@@H](CCCN(C=O)OC(C)(C)C)COC(=O)Nc1cc2cc(F)ccc2cn1. The number of carbonyl (C=O) groups is 3. The number of hydrogen-bond donors (Lipinski definition) is 2. The van der Waals surface area contributed by atoms with Crippen molar-refractivity contribution >= 4 is 46.7 Å². The van der Waals surface area contributed by atoms with Crippen molar-refractivity contribution in [1.29, 1.82) is 0 Å². The summed E-state index contributed by atoms with van der Waals surface area (Å²) in [5, 5.41) is 7.52. The number of anilines is 1. The number of ether oxygens (including phenoxy) is 1. The molecule has 0 aliphatic carbocycles.